The van der Waals surface area contributed by atoms with Gasteiger partial charge in [-0.3, -0.25) is 14.5 Å². The van der Waals surface area contributed by atoms with Crippen molar-refractivity contribution in [3.63, 3.8) is 0 Å². The maximum Gasteiger partial charge on any atom is 1.00 e. The summed E-state index contributed by atoms with van der Waals surface area (Å²) in [7, 11) is 0. The summed E-state index contributed by atoms with van der Waals surface area (Å²) in [6.45, 7) is 0. The van der Waals surface area contributed by atoms with Crippen LogP contribution in [0.3, 0.4) is 0 Å². The number of rotatable bonds is 3. The van der Waals surface area contributed by atoms with Gasteiger partial charge in [0.15, 0.2) is 0 Å². The summed E-state index contributed by atoms with van der Waals surface area (Å²) >= 11 is 1.48. The van der Waals surface area contributed by atoms with Crippen LogP contribution in [0.5, 0.6) is 0 Å². The second kappa shape index (κ2) is 10.4. The fraction of sp³-hybridized carbons (Fsp3) is 0.217. The number of fused-ring (bicyclic) bond motifs is 2. The number of nitrogens with one attached hydrogen (secondary N) is 1. The molecule has 0 aromatic carbocycles. The molecule has 0 bridgehead atoms. The Balaban J connectivity index is 0.000000205. The summed E-state index contributed by atoms with van der Waals surface area (Å²) in [5.74, 6) is 0.890. The number of hydrogen-bond donors (Lipinski definition) is 1. The standard InChI is InChI=1S/C17H17N3OS.C6H4N3.Na/c21-17-16-12(8-10-22-16)7-9-20(17)14-5-6-15(18-11-14)19-13-3-1-2-4-13;1-2-4-9-6(3-1)7-5-8-9;/h5-11,13H,1-4H2,(H,18,19);1-4H;/q;-1;+1. The molecule has 0 unspecified atom stereocenters. The van der Waals surface area contributed by atoms with Crippen molar-refractivity contribution in [3.8, 4) is 5.69 Å². The molecule has 7 nitrogen and oxygen atoms in total. The zero-order valence-corrected chi connectivity index (χ0v) is 20.6. The first kappa shape index (κ1) is 22.7. The van der Waals surface area contributed by atoms with Crippen LogP contribution >= 0.6 is 11.3 Å². The van der Waals surface area contributed by atoms with Gasteiger partial charge in [0.2, 0.25) is 0 Å². The predicted octanol–water partition coefficient (Wildman–Crippen LogP) is 1.34. The van der Waals surface area contributed by atoms with Gasteiger partial charge < -0.3 is 14.8 Å². The Morgan fingerprint density at radius 3 is 2.72 bits per heavy atom. The van der Waals surface area contributed by atoms with E-state index in [0.717, 1.165) is 27.2 Å². The summed E-state index contributed by atoms with van der Waals surface area (Å²) in [5, 5.41) is 10.2. The van der Waals surface area contributed by atoms with Crippen LogP contribution in [0.1, 0.15) is 25.7 Å². The monoisotopic (exact) mass is 452 g/mol. The van der Waals surface area contributed by atoms with Crippen LogP contribution in [-0.4, -0.2) is 30.2 Å². The Morgan fingerprint density at radius 2 is 1.94 bits per heavy atom. The Hall–Kier alpha value is -2.52. The Kier molecular flexibility index (Phi) is 7.36. The van der Waals surface area contributed by atoms with Gasteiger partial charge in [0.1, 0.15) is 10.5 Å². The van der Waals surface area contributed by atoms with Crippen molar-refractivity contribution in [2.75, 3.05) is 5.32 Å². The second-order valence-corrected chi connectivity index (χ2v) is 8.35. The predicted molar refractivity (Wildman–Crippen MR) is 123 cm³/mol. The van der Waals surface area contributed by atoms with Crippen molar-refractivity contribution in [1.29, 1.82) is 0 Å². The third-order valence-electron chi connectivity index (χ3n) is 5.38. The first-order valence-corrected chi connectivity index (χ1v) is 11.2. The van der Waals surface area contributed by atoms with E-state index in [1.165, 1.54) is 37.0 Å². The molecule has 0 radical (unpaired) electrons. The van der Waals surface area contributed by atoms with Crippen LogP contribution in [0.25, 0.3) is 21.4 Å². The molecule has 0 aliphatic heterocycles. The Morgan fingerprint density at radius 1 is 1.06 bits per heavy atom. The van der Waals surface area contributed by atoms with Gasteiger partial charge in [-0.1, -0.05) is 18.9 Å². The number of thiophene rings is 1. The number of anilines is 1. The SMILES string of the molecule is O=c1c2sccc2ccn1-c1ccc(NC2CCCC2)nc1.[Na+].[c-]1nc2ccccn2n1. The van der Waals surface area contributed by atoms with Gasteiger partial charge >= 0.3 is 29.6 Å². The second-order valence-electron chi connectivity index (χ2n) is 7.44. The van der Waals surface area contributed by atoms with Crippen molar-refractivity contribution in [2.45, 2.75) is 31.7 Å². The molecule has 6 rings (SSSR count). The van der Waals surface area contributed by atoms with E-state index in [4.69, 9.17) is 0 Å². The summed E-state index contributed by atoms with van der Waals surface area (Å²) in [5.41, 5.74) is 1.65. The summed E-state index contributed by atoms with van der Waals surface area (Å²) < 4.78 is 4.11. The topological polar surface area (TPSA) is 77.1 Å². The van der Waals surface area contributed by atoms with Gasteiger partial charge in [0.05, 0.1) is 11.9 Å². The molecule has 5 aromatic heterocycles. The maximum absolute atomic E-state index is 12.5. The summed E-state index contributed by atoms with van der Waals surface area (Å²) in [6, 6.07) is 14.1. The van der Waals surface area contributed by atoms with Gasteiger partial charge in [0.25, 0.3) is 5.56 Å². The van der Waals surface area contributed by atoms with E-state index < -0.39 is 0 Å². The first-order chi connectivity index (χ1) is 15.3. The van der Waals surface area contributed by atoms with Crippen LogP contribution in [0.4, 0.5) is 5.82 Å². The largest absolute Gasteiger partial charge is 1.00 e. The molecule has 0 atom stereocenters. The third-order valence-corrected chi connectivity index (χ3v) is 6.30. The van der Waals surface area contributed by atoms with Gasteiger partial charge in [-0.2, -0.15) is 0 Å². The quantitative estimate of drug-likeness (QED) is 0.330. The van der Waals surface area contributed by atoms with Crippen LogP contribution in [0.15, 0.2) is 71.2 Å². The number of nitrogens with zero attached hydrogens (tertiary/aromatic N) is 5. The molecule has 5 aromatic rings. The molecule has 0 amide bonds. The molecule has 1 saturated carbocycles. The molecule has 32 heavy (non-hydrogen) atoms. The molecule has 1 N–H and O–H groups in total. The molecule has 1 aliphatic carbocycles. The van der Waals surface area contributed by atoms with E-state index in [9.17, 15) is 4.79 Å². The van der Waals surface area contributed by atoms with E-state index in [1.807, 2.05) is 60.2 Å². The number of aromatic nitrogens is 5. The third kappa shape index (κ3) is 4.94. The van der Waals surface area contributed by atoms with Crippen molar-refractivity contribution < 1.29 is 29.6 Å². The molecule has 1 aliphatic rings. The number of pyridine rings is 3. The summed E-state index contributed by atoms with van der Waals surface area (Å²) in [4.78, 5) is 20.8. The molecule has 0 saturated heterocycles. The van der Waals surface area contributed by atoms with E-state index in [0.29, 0.717) is 6.04 Å². The molecule has 156 valence electrons. The minimum absolute atomic E-state index is 0. The number of hydrogen-bond acceptors (Lipinski definition) is 6. The van der Waals surface area contributed by atoms with E-state index >= 15 is 0 Å². The van der Waals surface area contributed by atoms with Crippen LogP contribution in [0, 0.1) is 6.33 Å². The van der Waals surface area contributed by atoms with Crippen molar-refractivity contribution >= 4 is 32.9 Å². The van der Waals surface area contributed by atoms with Gasteiger partial charge in [-0.15, -0.1) is 17.4 Å². The van der Waals surface area contributed by atoms with Crippen molar-refractivity contribution in [3.05, 3.63) is 83.1 Å². The maximum atomic E-state index is 12.5. The smallest absolute Gasteiger partial charge is 0.414 e. The zero-order chi connectivity index (χ0) is 21.0. The molecule has 1 fully saturated rings. The summed E-state index contributed by atoms with van der Waals surface area (Å²) in [6.07, 6.45) is 12.9. The first-order valence-electron chi connectivity index (χ1n) is 10.3. The van der Waals surface area contributed by atoms with Crippen molar-refractivity contribution in [2.24, 2.45) is 0 Å². The zero-order valence-electron chi connectivity index (χ0n) is 17.8. The molecular formula is C23H21N6NaOS. The fourth-order valence-electron chi connectivity index (χ4n) is 3.77. The Labute approximate surface area is 211 Å². The van der Waals surface area contributed by atoms with Crippen LogP contribution in [0.2, 0.25) is 0 Å². The van der Waals surface area contributed by atoms with Crippen LogP contribution < -0.4 is 40.4 Å². The van der Waals surface area contributed by atoms with E-state index in [1.54, 1.807) is 15.3 Å². The fourth-order valence-corrected chi connectivity index (χ4v) is 4.60. The average molecular weight is 453 g/mol. The average Bonchev–Trinajstić information content (AvgIpc) is 3.57. The van der Waals surface area contributed by atoms with Gasteiger partial charge in [0, 0.05) is 18.4 Å². The van der Waals surface area contributed by atoms with Gasteiger partial charge in [-0.25, -0.2) is 4.98 Å². The molecule has 0 spiro atoms. The van der Waals surface area contributed by atoms with Crippen molar-refractivity contribution in [1.82, 2.24) is 24.1 Å². The van der Waals surface area contributed by atoms with Crippen LogP contribution in [-0.2, 0) is 0 Å². The van der Waals surface area contributed by atoms with Gasteiger partial charge in [-0.05, 0) is 65.9 Å². The minimum atomic E-state index is 0. The Bertz CT molecular complexity index is 1320. The molecule has 5 heterocycles. The van der Waals surface area contributed by atoms with E-state index in [-0.39, 0.29) is 35.1 Å². The normalized spacial score (nSPS) is 13.5. The molecular weight excluding hydrogens is 431 g/mol. The minimum Gasteiger partial charge on any atom is -0.414 e. The van der Waals surface area contributed by atoms with E-state index in [2.05, 4.69) is 26.7 Å². The molecule has 9 heteroatoms.